The molecule has 5 rings (SSSR count). The standard InChI is InChI=1S/C21H21N5OS/c1-13-22-18(11-25(13)10-16-12-28-14(2)23-16)20-9-17(21(27)24-15-6-7-15)19-5-3-4-8-26(19)20/h3-5,8-9,11-12,15H,6-7,10H2,1-2H3,(H,24,27). The van der Waals surface area contributed by atoms with Gasteiger partial charge in [0.1, 0.15) is 11.5 Å². The number of carbonyl (C=O) groups is 1. The number of amides is 1. The molecule has 0 atom stereocenters. The van der Waals surface area contributed by atoms with Gasteiger partial charge in [0.2, 0.25) is 0 Å². The summed E-state index contributed by atoms with van der Waals surface area (Å²) in [6.45, 7) is 4.71. The number of aryl methyl sites for hydroxylation is 2. The van der Waals surface area contributed by atoms with Crippen molar-refractivity contribution in [2.45, 2.75) is 39.3 Å². The predicted molar refractivity (Wildman–Crippen MR) is 110 cm³/mol. The van der Waals surface area contributed by atoms with E-state index >= 15 is 0 Å². The zero-order chi connectivity index (χ0) is 19.3. The molecular weight excluding hydrogens is 370 g/mol. The summed E-state index contributed by atoms with van der Waals surface area (Å²) < 4.78 is 4.15. The van der Waals surface area contributed by atoms with Gasteiger partial charge < -0.3 is 14.3 Å². The summed E-state index contributed by atoms with van der Waals surface area (Å²) in [5.74, 6) is 0.919. The fraction of sp³-hybridized carbons (Fsp3) is 0.286. The lowest BCUT2D eigenvalue weighted by Gasteiger charge is -2.02. The second kappa shape index (κ2) is 6.60. The molecule has 1 aliphatic rings. The van der Waals surface area contributed by atoms with E-state index in [-0.39, 0.29) is 5.91 Å². The third kappa shape index (κ3) is 3.11. The molecule has 0 bridgehead atoms. The summed E-state index contributed by atoms with van der Waals surface area (Å²) in [7, 11) is 0. The fourth-order valence-electron chi connectivity index (χ4n) is 3.47. The topological polar surface area (TPSA) is 64.2 Å². The number of pyridine rings is 1. The monoisotopic (exact) mass is 391 g/mol. The molecule has 4 aromatic heterocycles. The molecule has 0 saturated heterocycles. The van der Waals surface area contributed by atoms with Crippen molar-refractivity contribution in [1.29, 1.82) is 0 Å². The quantitative estimate of drug-likeness (QED) is 0.563. The molecule has 1 saturated carbocycles. The van der Waals surface area contributed by atoms with Gasteiger partial charge in [-0.05, 0) is 44.9 Å². The maximum atomic E-state index is 12.7. The van der Waals surface area contributed by atoms with Crippen LogP contribution in [0.25, 0.3) is 16.9 Å². The highest BCUT2D eigenvalue weighted by Gasteiger charge is 2.26. The Morgan fingerprint density at radius 1 is 1.29 bits per heavy atom. The van der Waals surface area contributed by atoms with Crippen LogP contribution < -0.4 is 5.32 Å². The van der Waals surface area contributed by atoms with Crippen molar-refractivity contribution in [1.82, 2.24) is 24.3 Å². The Hall–Kier alpha value is -2.93. The molecule has 0 radical (unpaired) electrons. The molecule has 1 aliphatic carbocycles. The van der Waals surface area contributed by atoms with Crippen LogP contribution in [-0.4, -0.2) is 30.9 Å². The fourth-order valence-corrected chi connectivity index (χ4v) is 4.07. The number of aromatic nitrogens is 4. The number of carbonyl (C=O) groups excluding carboxylic acids is 1. The van der Waals surface area contributed by atoms with Crippen molar-refractivity contribution in [2.75, 3.05) is 0 Å². The van der Waals surface area contributed by atoms with E-state index in [2.05, 4.69) is 20.2 Å². The van der Waals surface area contributed by atoms with Crippen molar-refractivity contribution in [3.63, 3.8) is 0 Å². The Bertz CT molecular complexity index is 1180. The minimum atomic E-state index is -0.00782. The molecule has 28 heavy (non-hydrogen) atoms. The van der Waals surface area contributed by atoms with Crippen LogP contribution in [0, 0.1) is 13.8 Å². The summed E-state index contributed by atoms with van der Waals surface area (Å²) in [4.78, 5) is 22.0. The molecule has 0 spiro atoms. The SMILES string of the molecule is Cc1nc(Cn2cc(-c3cc(C(=O)NC4CC4)c4ccccn34)nc2C)cs1. The molecule has 0 aromatic carbocycles. The average molecular weight is 392 g/mol. The third-order valence-corrected chi connectivity index (χ3v) is 5.89. The van der Waals surface area contributed by atoms with E-state index in [1.807, 2.05) is 54.9 Å². The maximum Gasteiger partial charge on any atom is 0.253 e. The van der Waals surface area contributed by atoms with Gasteiger partial charge in [-0.2, -0.15) is 0 Å². The lowest BCUT2D eigenvalue weighted by Crippen LogP contribution is -2.25. The van der Waals surface area contributed by atoms with Crippen LogP contribution in [0.3, 0.4) is 0 Å². The van der Waals surface area contributed by atoms with E-state index in [0.717, 1.165) is 46.3 Å². The van der Waals surface area contributed by atoms with Crippen LogP contribution in [-0.2, 0) is 6.54 Å². The number of nitrogens with one attached hydrogen (secondary N) is 1. The molecule has 1 amide bonds. The van der Waals surface area contributed by atoms with Gasteiger partial charge in [0, 0.05) is 23.8 Å². The molecule has 0 unspecified atom stereocenters. The number of rotatable bonds is 5. The summed E-state index contributed by atoms with van der Waals surface area (Å²) in [5, 5.41) is 6.24. The van der Waals surface area contributed by atoms with Gasteiger partial charge in [-0.3, -0.25) is 4.79 Å². The van der Waals surface area contributed by atoms with Crippen LogP contribution in [0.2, 0.25) is 0 Å². The molecule has 4 heterocycles. The minimum absolute atomic E-state index is 0.00782. The maximum absolute atomic E-state index is 12.7. The number of thiazole rings is 1. The Morgan fingerprint density at radius 3 is 2.89 bits per heavy atom. The smallest absolute Gasteiger partial charge is 0.253 e. The van der Waals surface area contributed by atoms with Gasteiger partial charge in [-0.25, -0.2) is 9.97 Å². The summed E-state index contributed by atoms with van der Waals surface area (Å²) in [5.41, 5.74) is 4.42. The molecule has 7 heteroatoms. The summed E-state index contributed by atoms with van der Waals surface area (Å²) in [6.07, 6.45) is 6.17. The largest absolute Gasteiger partial charge is 0.349 e. The zero-order valence-corrected chi connectivity index (χ0v) is 16.7. The zero-order valence-electron chi connectivity index (χ0n) is 15.8. The van der Waals surface area contributed by atoms with E-state index in [1.54, 1.807) is 11.3 Å². The lowest BCUT2D eigenvalue weighted by molar-refractivity contribution is 0.0953. The lowest BCUT2D eigenvalue weighted by atomic mass is 10.2. The van der Waals surface area contributed by atoms with E-state index in [4.69, 9.17) is 4.98 Å². The molecule has 0 aliphatic heterocycles. The number of hydrogen-bond acceptors (Lipinski definition) is 4. The minimum Gasteiger partial charge on any atom is -0.349 e. The van der Waals surface area contributed by atoms with Crippen molar-refractivity contribution in [3.05, 3.63) is 64.1 Å². The van der Waals surface area contributed by atoms with Crippen LogP contribution >= 0.6 is 11.3 Å². The Labute approximate surface area is 166 Å². The number of nitrogens with zero attached hydrogens (tertiary/aromatic N) is 4. The van der Waals surface area contributed by atoms with Crippen LogP contribution in [0.5, 0.6) is 0 Å². The third-order valence-electron chi connectivity index (χ3n) is 5.07. The Morgan fingerprint density at radius 2 is 2.14 bits per heavy atom. The van der Waals surface area contributed by atoms with E-state index in [9.17, 15) is 4.79 Å². The van der Waals surface area contributed by atoms with E-state index in [0.29, 0.717) is 18.2 Å². The van der Waals surface area contributed by atoms with E-state index < -0.39 is 0 Å². The van der Waals surface area contributed by atoms with Gasteiger partial charge in [-0.15, -0.1) is 11.3 Å². The van der Waals surface area contributed by atoms with E-state index in [1.165, 1.54) is 0 Å². The van der Waals surface area contributed by atoms with Gasteiger partial charge in [0.05, 0.1) is 34.0 Å². The van der Waals surface area contributed by atoms with Crippen LogP contribution in [0.4, 0.5) is 0 Å². The van der Waals surface area contributed by atoms with Gasteiger partial charge in [0.25, 0.3) is 5.91 Å². The van der Waals surface area contributed by atoms with Crippen molar-refractivity contribution >= 4 is 22.8 Å². The van der Waals surface area contributed by atoms with Gasteiger partial charge >= 0.3 is 0 Å². The molecule has 1 fully saturated rings. The highest BCUT2D eigenvalue weighted by Crippen LogP contribution is 2.27. The highest BCUT2D eigenvalue weighted by molar-refractivity contribution is 7.09. The average Bonchev–Trinajstić information content (AvgIpc) is 3.10. The molecular formula is C21H21N5OS. The molecule has 6 nitrogen and oxygen atoms in total. The van der Waals surface area contributed by atoms with Crippen molar-refractivity contribution in [3.8, 4) is 11.4 Å². The first-order valence-corrected chi connectivity index (χ1v) is 10.3. The number of fused-ring (bicyclic) bond motifs is 1. The van der Waals surface area contributed by atoms with Crippen LogP contribution in [0.1, 0.15) is 39.7 Å². The molecule has 1 N–H and O–H groups in total. The Kier molecular flexibility index (Phi) is 4.05. The number of hydrogen-bond donors (Lipinski definition) is 1. The molecule has 142 valence electrons. The van der Waals surface area contributed by atoms with Crippen LogP contribution in [0.15, 0.2) is 42.0 Å². The van der Waals surface area contributed by atoms with Gasteiger partial charge in [0.15, 0.2) is 0 Å². The van der Waals surface area contributed by atoms with Crippen molar-refractivity contribution < 1.29 is 4.79 Å². The predicted octanol–water partition coefficient (Wildman–Crippen LogP) is 3.82. The second-order valence-corrected chi connectivity index (χ2v) is 8.37. The first-order chi connectivity index (χ1) is 13.6. The first-order valence-electron chi connectivity index (χ1n) is 9.44. The highest BCUT2D eigenvalue weighted by atomic mass is 32.1. The summed E-state index contributed by atoms with van der Waals surface area (Å²) in [6, 6.07) is 8.19. The van der Waals surface area contributed by atoms with Gasteiger partial charge in [-0.1, -0.05) is 6.07 Å². The summed E-state index contributed by atoms with van der Waals surface area (Å²) >= 11 is 1.66. The Balaban J connectivity index is 1.54. The normalized spacial score (nSPS) is 13.9. The molecule has 4 aromatic rings. The first kappa shape index (κ1) is 17.2. The second-order valence-electron chi connectivity index (χ2n) is 7.31. The number of imidazole rings is 1. The van der Waals surface area contributed by atoms with Crippen molar-refractivity contribution in [2.24, 2.45) is 0 Å².